The molecule has 0 amide bonds. The minimum Gasteiger partial charge on any atom is -0.469 e. The number of ether oxygens (including phenoxy) is 1. The van der Waals surface area contributed by atoms with Gasteiger partial charge in [-0.25, -0.2) is 0 Å². The Balaban J connectivity index is 1.87. The van der Waals surface area contributed by atoms with Gasteiger partial charge in [0.05, 0.1) is 13.0 Å². The number of carbonyl (C=O) groups excluding carboxylic acids is 1. The van der Waals surface area contributed by atoms with Gasteiger partial charge in [0.15, 0.2) is 0 Å². The van der Waals surface area contributed by atoms with E-state index in [1.165, 1.54) is 13.5 Å². The normalized spacial score (nSPS) is 44.8. The molecule has 2 saturated carbocycles. The van der Waals surface area contributed by atoms with E-state index >= 15 is 0 Å². The summed E-state index contributed by atoms with van der Waals surface area (Å²) >= 11 is 0. The maximum absolute atomic E-state index is 11.1. The standard InChI is InChI=1S/C9H15NO2/c1-12-8(11)6-4-9(5-6)3-2-7(9)10/h6-7H,2-5,10H2,1H3/t6?,7-,9?/m0/s1. The molecular formula is C9H15NO2. The predicted octanol–water partition coefficient (Wildman–Crippen LogP) is 0.677. The fraction of sp³-hybridized carbons (Fsp3) is 0.889. The van der Waals surface area contributed by atoms with Crippen LogP contribution in [0.25, 0.3) is 0 Å². The molecule has 68 valence electrons. The highest BCUT2D eigenvalue weighted by Crippen LogP contribution is 2.58. The van der Waals surface area contributed by atoms with Gasteiger partial charge in [-0.15, -0.1) is 0 Å². The van der Waals surface area contributed by atoms with Crippen molar-refractivity contribution in [1.29, 1.82) is 0 Å². The highest BCUT2D eigenvalue weighted by atomic mass is 16.5. The van der Waals surface area contributed by atoms with Gasteiger partial charge in [-0.1, -0.05) is 0 Å². The predicted molar refractivity (Wildman–Crippen MR) is 44.4 cm³/mol. The topological polar surface area (TPSA) is 52.3 Å². The molecule has 0 aromatic rings. The van der Waals surface area contributed by atoms with Crippen molar-refractivity contribution in [3.05, 3.63) is 0 Å². The van der Waals surface area contributed by atoms with Crippen LogP contribution in [0.5, 0.6) is 0 Å². The Bertz CT molecular complexity index is 209. The summed E-state index contributed by atoms with van der Waals surface area (Å²) in [6.45, 7) is 0. The Morgan fingerprint density at radius 2 is 2.25 bits per heavy atom. The minimum atomic E-state index is -0.0558. The van der Waals surface area contributed by atoms with Crippen LogP contribution in [-0.4, -0.2) is 19.1 Å². The molecule has 0 radical (unpaired) electrons. The summed E-state index contributed by atoms with van der Waals surface area (Å²) in [7, 11) is 1.45. The van der Waals surface area contributed by atoms with Gasteiger partial charge in [0, 0.05) is 6.04 Å². The van der Waals surface area contributed by atoms with Gasteiger partial charge in [-0.05, 0) is 31.1 Å². The van der Waals surface area contributed by atoms with Crippen LogP contribution < -0.4 is 5.73 Å². The lowest BCUT2D eigenvalue weighted by Crippen LogP contribution is -2.59. The Labute approximate surface area is 72.3 Å². The van der Waals surface area contributed by atoms with Crippen molar-refractivity contribution in [3.63, 3.8) is 0 Å². The van der Waals surface area contributed by atoms with Crippen LogP contribution >= 0.6 is 0 Å². The smallest absolute Gasteiger partial charge is 0.308 e. The van der Waals surface area contributed by atoms with Gasteiger partial charge < -0.3 is 10.5 Å². The summed E-state index contributed by atoms with van der Waals surface area (Å²) in [4.78, 5) is 11.1. The molecule has 3 heteroatoms. The lowest BCUT2D eigenvalue weighted by atomic mass is 9.49. The summed E-state index contributed by atoms with van der Waals surface area (Å²) in [6, 6.07) is 0.346. The maximum atomic E-state index is 11.1. The van der Waals surface area contributed by atoms with Crippen molar-refractivity contribution in [2.45, 2.75) is 31.7 Å². The Kier molecular flexibility index (Phi) is 1.65. The van der Waals surface area contributed by atoms with E-state index in [0.29, 0.717) is 11.5 Å². The van der Waals surface area contributed by atoms with E-state index in [2.05, 4.69) is 4.74 Å². The molecule has 2 aliphatic rings. The Hall–Kier alpha value is -0.570. The summed E-state index contributed by atoms with van der Waals surface area (Å²) < 4.78 is 4.67. The molecule has 2 N–H and O–H groups in total. The molecule has 0 saturated heterocycles. The van der Waals surface area contributed by atoms with Gasteiger partial charge in [0.2, 0.25) is 0 Å². The molecule has 1 atom stereocenters. The van der Waals surface area contributed by atoms with Gasteiger partial charge >= 0.3 is 5.97 Å². The number of carbonyl (C=O) groups is 1. The summed E-state index contributed by atoms with van der Waals surface area (Å²) in [5.41, 5.74) is 6.20. The third-order valence-corrected chi connectivity index (χ3v) is 3.58. The molecule has 0 bridgehead atoms. The largest absolute Gasteiger partial charge is 0.469 e. The quantitative estimate of drug-likeness (QED) is 0.587. The van der Waals surface area contributed by atoms with Crippen LogP contribution in [0, 0.1) is 11.3 Å². The van der Waals surface area contributed by atoms with Crippen LogP contribution in [0.4, 0.5) is 0 Å². The fourth-order valence-electron chi connectivity index (χ4n) is 2.48. The van der Waals surface area contributed by atoms with E-state index in [1.54, 1.807) is 0 Å². The lowest BCUT2D eigenvalue weighted by Gasteiger charge is -2.57. The first-order chi connectivity index (χ1) is 5.68. The number of hydrogen-bond acceptors (Lipinski definition) is 3. The number of esters is 1. The van der Waals surface area contributed by atoms with Crippen molar-refractivity contribution < 1.29 is 9.53 Å². The summed E-state index contributed by atoms with van der Waals surface area (Å²) in [5, 5.41) is 0. The Morgan fingerprint density at radius 1 is 1.58 bits per heavy atom. The van der Waals surface area contributed by atoms with E-state index in [4.69, 9.17) is 5.73 Å². The molecular weight excluding hydrogens is 154 g/mol. The van der Waals surface area contributed by atoms with Crippen LogP contribution in [-0.2, 0) is 9.53 Å². The van der Waals surface area contributed by atoms with Crippen LogP contribution in [0.2, 0.25) is 0 Å². The highest BCUT2D eigenvalue weighted by Gasteiger charge is 2.55. The van der Waals surface area contributed by atoms with Gasteiger partial charge in [0.1, 0.15) is 0 Å². The van der Waals surface area contributed by atoms with Crippen molar-refractivity contribution in [3.8, 4) is 0 Å². The van der Waals surface area contributed by atoms with E-state index < -0.39 is 0 Å². The fourth-order valence-corrected chi connectivity index (χ4v) is 2.48. The van der Waals surface area contributed by atoms with Crippen LogP contribution in [0.15, 0.2) is 0 Å². The number of rotatable bonds is 1. The zero-order chi connectivity index (χ0) is 8.77. The van der Waals surface area contributed by atoms with Crippen LogP contribution in [0.1, 0.15) is 25.7 Å². The number of methoxy groups -OCH3 is 1. The SMILES string of the molecule is COC(=O)C1CC2(CC[C@@H]2N)C1. The lowest BCUT2D eigenvalue weighted by molar-refractivity contribution is -0.159. The zero-order valence-electron chi connectivity index (χ0n) is 7.38. The molecule has 0 aromatic heterocycles. The molecule has 0 aromatic carbocycles. The van der Waals surface area contributed by atoms with E-state index in [-0.39, 0.29) is 11.9 Å². The minimum absolute atomic E-state index is 0.0558. The number of nitrogens with two attached hydrogens (primary N) is 1. The van der Waals surface area contributed by atoms with E-state index in [1.807, 2.05) is 0 Å². The third kappa shape index (κ3) is 0.891. The third-order valence-electron chi connectivity index (χ3n) is 3.58. The van der Waals surface area contributed by atoms with E-state index in [9.17, 15) is 4.79 Å². The van der Waals surface area contributed by atoms with Gasteiger partial charge in [-0.2, -0.15) is 0 Å². The monoisotopic (exact) mass is 169 g/mol. The molecule has 12 heavy (non-hydrogen) atoms. The average Bonchev–Trinajstić information content (AvgIpc) is 1.99. The first kappa shape index (κ1) is 8.05. The van der Waals surface area contributed by atoms with Crippen molar-refractivity contribution in [2.24, 2.45) is 17.1 Å². The zero-order valence-corrected chi connectivity index (χ0v) is 7.38. The molecule has 0 unspecified atom stereocenters. The van der Waals surface area contributed by atoms with Crippen molar-refractivity contribution >= 4 is 5.97 Å². The molecule has 1 spiro atoms. The molecule has 2 rings (SSSR count). The molecule has 0 aliphatic heterocycles. The first-order valence-corrected chi connectivity index (χ1v) is 4.51. The highest BCUT2D eigenvalue weighted by molar-refractivity contribution is 5.73. The molecule has 0 heterocycles. The molecule has 2 fully saturated rings. The average molecular weight is 169 g/mol. The summed E-state index contributed by atoms with van der Waals surface area (Å²) in [6.07, 6.45) is 4.26. The van der Waals surface area contributed by atoms with E-state index in [0.717, 1.165) is 19.3 Å². The van der Waals surface area contributed by atoms with Gasteiger partial charge in [0.25, 0.3) is 0 Å². The maximum Gasteiger partial charge on any atom is 0.308 e. The van der Waals surface area contributed by atoms with Crippen molar-refractivity contribution in [1.82, 2.24) is 0 Å². The molecule has 2 aliphatic carbocycles. The molecule has 3 nitrogen and oxygen atoms in total. The first-order valence-electron chi connectivity index (χ1n) is 4.51. The van der Waals surface area contributed by atoms with Crippen LogP contribution in [0.3, 0.4) is 0 Å². The number of hydrogen-bond donors (Lipinski definition) is 1. The second kappa shape index (κ2) is 2.46. The van der Waals surface area contributed by atoms with Crippen molar-refractivity contribution in [2.75, 3.05) is 7.11 Å². The second-order valence-corrected chi connectivity index (χ2v) is 4.14. The second-order valence-electron chi connectivity index (χ2n) is 4.14. The Morgan fingerprint density at radius 3 is 2.58 bits per heavy atom. The van der Waals surface area contributed by atoms with Gasteiger partial charge in [-0.3, -0.25) is 4.79 Å². The summed E-state index contributed by atoms with van der Waals surface area (Å²) in [5.74, 6) is 0.0843.